The van der Waals surface area contributed by atoms with E-state index in [4.69, 9.17) is 23.2 Å². The van der Waals surface area contributed by atoms with Crippen molar-refractivity contribution in [1.82, 2.24) is 4.98 Å². The Hall–Kier alpha value is -1.44. The second-order valence-electron chi connectivity index (χ2n) is 3.66. The lowest BCUT2D eigenvalue weighted by molar-refractivity contribution is -0.384. The summed E-state index contributed by atoms with van der Waals surface area (Å²) in [6.07, 6.45) is 0. The van der Waals surface area contributed by atoms with E-state index in [1.165, 1.54) is 12.1 Å². The summed E-state index contributed by atoms with van der Waals surface area (Å²) >= 11 is 14.7. The Kier molecular flexibility index (Phi) is 4.42. The molecule has 0 aliphatic rings. The number of nitro groups is 1. The van der Waals surface area contributed by atoms with Gasteiger partial charge in [0.15, 0.2) is 0 Å². The first-order valence-corrected chi connectivity index (χ1v) is 6.65. The average molecular weight is 381 g/mol. The Bertz CT molecular complexity index is 676. The summed E-state index contributed by atoms with van der Waals surface area (Å²) < 4.78 is 13.5. The van der Waals surface area contributed by atoms with Gasteiger partial charge in [0.1, 0.15) is 16.8 Å². The van der Waals surface area contributed by atoms with E-state index in [0.29, 0.717) is 10.2 Å². The number of hydrogen-bond acceptors (Lipinski definition) is 4. The number of anilines is 2. The van der Waals surface area contributed by atoms with Gasteiger partial charge in [-0.1, -0.05) is 23.2 Å². The molecule has 1 N–H and O–H groups in total. The molecule has 0 aliphatic heterocycles. The highest BCUT2D eigenvalue weighted by molar-refractivity contribution is 9.10. The Morgan fingerprint density at radius 2 is 2.00 bits per heavy atom. The van der Waals surface area contributed by atoms with Crippen molar-refractivity contribution in [2.75, 3.05) is 5.32 Å². The molecule has 104 valence electrons. The molecule has 0 bridgehead atoms. The number of benzene rings is 1. The average Bonchev–Trinajstić information content (AvgIpc) is 2.33. The van der Waals surface area contributed by atoms with E-state index < -0.39 is 10.7 Å². The van der Waals surface area contributed by atoms with Crippen LogP contribution in [0.15, 0.2) is 28.7 Å². The Balaban J connectivity index is 2.42. The SMILES string of the molecule is O=[N+]([O-])c1cc(Cl)nc(Nc2c(Cl)cc(F)cc2Br)c1. The standard InChI is InChI=1S/C11H5BrCl2FN3O2/c12-7-1-5(15)2-8(13)11(7)17-10-4-6(18(19)20)3-9(14)16-10/h1-4H,(H,16,17). The van der Waals surface area contributed by atoms with Gasteiger partial charge in [-0.15, -0.1) is 0 Å². The topological polar surface area (TPSA) is 68.1 Å². The summed E-state index contributed by atoms with van der Waals surface area (Å²) in [4.78, 5) is 14.0. The highest BCUT2D eigenvalue weighted by atomic mass is 79.9. The number of pyridine rings is 1. The summed E-state index contributed by atoms with van der Waals surface area (Å²) in [6.45, 7) is 0. The van der Waals surface area contributed by atoms with Gasteiger partial charge < -0.3 is 5.32 Å². The Morgan fingerprint density at radius 1 is 1.30 bits per heavy atom. The van der Waals surface area contributed by atoms with Gasteiger partial charge in [0, 0.05) is 4.47 Å². The summed E-state index contributed by atoms with van der Waals surface area (Å²) in [5.41, 5.74) is 0.110. The van der Waals surface area contributed by atoms with E-state index in [1.54, 1.807) is 0 Å². The van der Waals surface area contributed by atoms with Gasteiger partial charge in [0.05, 0.1) is 27.8 Å². The minimum absolute atomic E-state index is 0.0453. The van der Waals surface area contributed by atoms with E-state index in [2.05, 4.69) is 26.2 Å². The molecule has 0 amide bonds. The number of hydrogen-bond donors (Lipinski definition) is 1. The third-order valence-electron chi connectivity index (χ3n) is 2.25. The second kappa shape index (κ2) is 5.90. The van der Waals surface area contributed by atoms with Crippen LogP contribution in [-0.2, 0) is 0 Å². The van der Waals surface area contributed by atoms with Crippen LogP contribution < -0.4 is 5.32 Å². The monoisotopic (exact) mass is 379 g/mol. The zero-order valence-corrected chi connectivity index (χ0v) is 12.6. The molecule has 2 aromatic rings. The first-order valence-electron chi connectivity index (χ1n) is 5.10. The van der Waals surface area contributed by atoms with Crippen LogP contribution in [0.4, 0.5) is 21.6 Å². The number of nitrogens with zero attached hydrogens (tertiary/aromatic N) is 2. The lowest BCUT2D eigenvalue weighted by atomic mass is 10.3. The number of rotatable bonds is 3. The number of nitrogens with one attached hydrogen (secondary N) is 1. The smallest absolute Gasteiger partial charge is 0.276 e. The first-order chi connectivity index (χ1) is 9.36. The first kappa shape index (κ1) is 15.0. The maximum atomic E-state index is 13.1. The van der Waals surface area contributed by atoms with Gasteiger partial charge >= 0.3 is 0 Å². The second-order valence-corrected chi connectivity index (χ2v) is 5.31. The van der Waals surface area contributed by atoms with Crippen molar-refractivity contribution in [1.29, 1.82) is 0 Å². The van der Waals surface area contributed by atoms with Crippen LogP contribution in [0.3, 0.4) is 0 Å². The Morgan fingerprint density at radius 3 is 2.60 bits per heavy atom. The van der Waals surface area contributed by atoms with Crippen LogP contribution in [0.2, 0.25) is 10.2 Å². The van der Waals surface area contributed by atoms with Gasteiger partial charge in [-0.3, -0.25) is 10.1 Å². The molecular weight excluding hydrogens is 376 g/mol. The molecule has 0 fully saturated rings. The van der Waals surface area contributed by atoms with Crippen molar-refractivity contribution >= 4 is 56.3 Å². The van der Waals surface area contributed by atoms with Crippen LogP contribution in [0.25, 0.3) is 0 Å². The van der Waals surface area contributed by atoms with Gasteiger partial charge in [-0.25, -0.2) is 9.37 Å². The quantitative estimate of drug-likeness (QED) is 0.465. The maximum absolute atomic E-state index is 13.1. The molecule has 0 radical (unpaired) electrons. The fraction of sp³-hybridized carbons (Fsp3) is 0. The molecule has 0 unspecified atom stereocenters. The normalized spacial score (nSPS) is 10.4. The largest absolute Gasteiger partial charge is 0.338 e. The molecule has 0 saturated heterocycles. The van der Waals surface area contributed by atoms with E-state index in [0.717, 1.165) is 12.1 Å². The van der Waals surface area contributed by atoms with Gasteiger partial charge in [-0.2, -0.15) is 0 Å². The lowest BCUT2D eigenvalue weighted by Gasteiger charge is -2.10. The van der Waals surface area contributed by atoms with Crippen molar-refractivity contribution in [2.24, 2.45) is 0 Å². The molecule has 2 rings (SSSR count). The maximum Gasteiger partial charge on any atom is 0.276 e. The molecule has 0 saturated carbocycles. The summed E-state index contributed by atoms with van der Waals surface area (Å²) in [7, 11) is 0. The fourth-order valence-corrected chi connectivity index (χ4v) is 2.54. The van der Waals surface area contributed by atoms with E-state index in [1.807, 2.05) is 0 Å². The predicted octanol–water partition coefficient (Wildman–Crippen LogP) is 4.94. The molecule has 1 heterocycles. The summed E-state index contributed by atoms with van der Waals surface area (Å²) in [5.74, 6) is -0.393. The predicted molar refractivity (Wildman–Crippen MR) is 78.3 cm³/mol. The van der Waals surface area contributed by atoms with Crippen molar-refractivity contribution in [3.63, 3.8) is 0 Å². The minimum atomic E-state index is -0.597. The van der Waals surface area contributed by atoms with Crippen LogP contribution >= 0.6 is 39.1 Å². The molecule has 0 atom stereocenters. The third-order valence-corrected chi connectivity index (χ3v) is 3.37. The zero-order valence-electron chi connectivity index (χ0n) is 9.53. The molecule has 1 aromatic heterocycles. The molecule has 0 aliphatic carbocycles. The van der Waals surface area contributed by atoms with E-state index >= 15 is 0 Å². The van der Waals surface area contributed by atoms with E-state index in [-0.39, 0.29) is 21.7 Å². The van der Waals surface area contributed by atoms with Crippen LogP contribution in [-0.4, -0.2) is 9.91 Å². The van der Waals surface area contributed by atoms with Crippen LogP contribution in [0, 0.1) is 15.9 Å². The van der Waals surface area contributed by atoms with Crippen molar-refractivity contribution < 1.29 is 9.31 Å². The molecular formula is C11H5BrCl2FN3O2. The molecule has 0 spiro atoms. The van der Waals surface area contributed by atoms with Gasteiger partial charge in [0.2, 0.25) is 0 Å². The summed E-state index contributed by atoms with van der Waals surface area (Å²) in [5, 5.41) is 13.6. The highest BCUT2D eigenvalue weighted by Gasteiger charge is 2.13. The number of halogens is 4. The Labute approximate surface area is 131 Å². The lowest BCUT2D eigenvalue weighted by Crippen LogP contribution is -1.98. The molecule has 1 aromatic carbocycles. The minimum Gasteiger partial charge on any atom is -0.338 e. The van der Waals surface area contributed by atoms with Gasteiger partial charge in [0.25, 0.3) is 5.69 Å². The summed E-state index contributed by atoms with van der Waals surface area (Å²) in [6, 6.07) is 4.62. The van der Waals surface area contributed by atoms with Crippen molar-refractivity contribution in [2.45, 2.75) is 0 Å². The number of aromatic nitrogens is 1. The molecule has 5 nitrogen and oxygen atoms in total. The zero-order chi connectivity index (χ0) is 14.9. The van der Waals surface area contributed by atoms with Crippen molar-refractivity contribution in [3.8, 4) is 0 Å². The fourth-order valence-electron chi connectivity index (χ4n) is 1.44. The van der Waals surface area contributed by atoms with Crippen molar-refractivity contribution in [3.05, 3.63) is 54.8 Å². The van der Waals surface area contributed by atoms with Crippen LogP contribution in [0.1, 0.15) is 0 Å². The van der Waals surface area contributed by atoms with E-state index in [9.17, 15) is 14.5 Å². The highest BCUT2D eigenvalue weighted by Crippen LogP contribution is 2.34. The molecule has 20 heavy (non-hydrogen) atoms. The van der Waals surface area contributed by atoms with Gasteiger partial charge in [-0.05, 0) is 28.1 Å². The third kappa shape index (κ3) is 3.36. The van der Waals surface area contributed by atoms with Crippen LogP contribution in [0.5, 0.6) is 0 Å². The molecule has 9 heteroatoms.